The van der Waals surface area contributed by atoms with Crippen LogP contribution < -0.4 is 5.32 Å². The van der Waals surface area contributed by atoms with Gasteiger partial charge in [-0.3, -0.25) is 9.78 Å². The van der Waals surface area contributed by atoms with Crippen LogP contribution in [-0.4, -0.2) is 10.9 Å². The van der Waals surface area contributed by atoms with E-state index >= 15 is 0 Å². The molecular weight excluding hydrogens is 267 g/mol. The van der Waals surface area contributed by atoms with E-state index in [2.05, 4.69) is 10.3 Å². The fourth-order valence-corrected chi connectivity index (χ4v) is 2.16. The van der Waals surface area contributed by atoms with E-state index in [0.29, 0.717) is 5.69 Å². The number of carbonyl (C=O) groups is 1. The van der Waals surface area contributed by atoms with Gasteiger partial charge in [-0.1, -0.05) is 17.7 Å². The van der Waals surface area contributed by atoms with Crippen LogP contribution in [0.15, 0.2) is 54.7 Å². The molecule has 0 atom stereocenters. The lowest BCUT2D eigenvalue weighted by Crippen LogP contribution is -2.14. The van der Waals surface area contributed by atoms with Gasteiger partial charge in [-0.15, -0.1) is 0 Å². The van der Waals surface area contributed by atoms with Crippen LogP contribution in [-0.2, 0) is 0 Å². The first-order chi connectivity index (χ1) is 10.1. The van der Waals surface area contributed by atoms with Gasteiger partial charge >= 0.3 is 0 Å². The largest absolute Gasteiger partial charge is 0.322 e. The van der Waals surface area contributed by atoms with Crippen LogP contribution in [0.4, 0.5) is 10.1 Å². The maximum Gasteiger partial charge on any atom is 0.258 e. The number of hydrogen-bond donors (Lipinski definition) is 1. The lowest BCUT2D eigenvalue weighted by molar-refractivity contribution is 0.102. The predicted octanol–water partition coefficient (Wildman–Crippen LogP) is 3.93. The number of aromatic nitrogens is 1. The van der Waals surface area contributed by atoms with Crippen LogP contribution >= 0.6 is 0 Å². The van der Waals surface area contributed by atoms with Crippen molar-refractivity contribution in [3.8, 4) is 0 Å². The average Bonchev–Trinajstić information content (AvgIpc) is 2.49. The van der Waals surface area contributed by atoms with Crippen LogP contribution in [0.25, 0.3) is 10.9 Å². The Bertz CT molecular complexity index is 830. The quantitative estimate of drug-likeness (QED) is 0.772. The molecule has 0 aliphatic carbocycles. The number of benzene rings is 2. The molecule has 0 unspecified atom stereocenters. The number of nitrogens with one attached hydrogen (secondary N) is 1. The van der Waals surface area contributed by atoms with Crippen LogP contribution in [0.5, 0.6) is 0 Å². The Balaban J connectivity index is 1.90. The van der Waals surface area contributed by atoms with E-state index in [1.165, 1.54) is 12.1 Å². The summed E-state index contributed by atoms with van der Waals surface area (Å²) in [5.41, 5.74) is 2.34. The molecule has 104 valence electrons. The molecule has 3 nitrogen and oxygen atoms in total. The van der Waals surface area contributed by atoms with E-state index in [9.17, 15) is 9.18 Å². The average molecular weight is 280 g/mol. The Kier molecular flexibility index (Phi) is 3.36. The van der Waals surface area contributed by atoms with Crippen LogP contribution in [0.1, 0.15) is 15.9 Å². The number of halogens is 1. The standard InChI is InChI=1S/C17H13FN2O/c1-11-4-6-15(18)14(9-11)17(21)20-13-5-7-16-12(10-13)3-2-8-19-16/h2-10H,1H3,(H,20,21). The number of nitrogens with zero attached hydrogens (tertiary/aromatic N) is 1. The van der Waals surface area contributed by atoms with Crippen molar-refractivity contribution in [3.05, 3.63) is 71.7 Å². The highest BCUT2D eigenvalue weighted by molar-refractivity contribution is 6.05. The second-order valence-corrected chi connectivity index (χ2v) is 4.85. The number of fused-ring (bicyclic) bond motifs is 1. The van der Waals surface area contributed by atoms with Gasteiger partial charge in [0.1, 0.15) is 5.82 Å². The molecule has 0 saturated heterocycles. The minimum Gasteiger partial charge on any atom is -0.322 e. The van der Waals surface area contributed by atoms with Crippen molar-refractivity contribution in [3.63, 3.8) is 0 Å². The van der Waals surface area contributed by atoms with Gasteiger partial charge in [0.05, 0.1) is 11.1 Å². The Morgan fingerprint density at radius 1 is 1.14 bits per heavy atom. The summed E-state index contributed by atoms with van der Waals surface area (Å²) in [6.45, 7) is 1.82. The molecule has 0 spiro atoms. The van der Waals surface area contributed by atoms with Gasteiger partial charge in [-0.05, 0) is 43.3 Å². The molecular formula is C17H13FN2O. The number of carbonyl (C=O) groups excluding carboxylic acids is 1. The highest BCUT2D eigenvalue weighted by Crippen LogP contribution is 2.18. The van der Waals surface area contributed by atoms with Crippen molar-refractivity contribution in [2.24, 2.45) is 0 Å². The van der Waals surface area contributed by atoms with Crippen molar-refractivity contribution >= 4 is 22.5 Å². The maximum atomic E-state index is 13.7. The maximum absolute atomic E-state index is 13.7. The van der Waals surface area contributed by atoms with Gasteiger partial charge in [-0.25, -0.2) is 4.39 Å². The highest BCUT2D eigenvalue weighted by atomic mass is 19.1. The minimum absolute atomic E-state index is 0.0429. The lowest BCUT2D eigenvalue weighted by atomic mass is 10.1. The summed E-state index contributed by atoms with van der Waals surface area (Å²) in [5, 5.41) is 3.63. The van der Waals surface area contributed by atoms with Crippen molar-refractivity contribution < 1.29 is 9.18 Å². The molecule has 1 amide bonds. The Morgan fingerprint density at radius 3 is 2.86 bits per heavy atom. The molecule has 1 N–H and O–H groups in total. The van der Waals surface area contributed by atoms with Gasteiger partial charge in [0.2, 0.25) is 0 Å². The number of hydrogen-bond acceptors (Lipinski definition) is 2. The summed E-state index contributed by atoms with van der Waals surface area (Å²) in [4.78, 5) is 16.4. The second kappa shape index (κ2) is 5.32. The zero-order valence-corrected chi connectivity index (χ0v) is 11.4. The van der Waals surface area contributed by atoms with E-state index in [1.54, 1.807) is 18.3 Å². The molecule has 3 rings (SSSR count). The molecule has 1 heterocycles. The Hall–Kier alpha value is -2.75. The number of amides is 1. The normalized spacial score (nSPS) is 10.6. The summed E-state index contributed by atoms with van der Waals surface area (Å²) in [7, 11) is 0. The molecule has 4 heteroatoms. The zero-order chi connectivity index (χ0) is 14.8. The van der Waals surface area contributed by atoms with E-state index in [-0.39, 0.29) is 5.56 Å². The van der Waals surface area contributed by atoms with Gasteiger partial charge in [0.15, 0.2) is 0 Å². The number of anilines is 1. The summed E-state index contributed by atoms with van der Waals surface area (Å²) < 4.78 is 13.7. The third-order valence-corrected chi connectivity index (χ3v) is 3.23. The number of rotatable bonds is 2. The van der Waals surface area contributed by atoms with E-state index < -0.39 is 11.7 Å². The molecule has 2 aromatic carbocycles. The summed E-state index contributed by atoms with van der Waals surface area (Å²) in [6.07, 6.45) is 1.71. The highest BCUT2D eigenvalue weighted by Gasteiger charge is 2.12. The van der Waals surface area contributed by atoms with Crippen molar-refractivity contribution in [2.45, 2.75) is 6.92 Å². The van der Waals surface area contributed by atoms with E-state index in [0.717, 1.165) is 16.5 Å². The Morgan fingerprint density at radius 2 is 2.00 bits per heavy atom. The summed E-state index contributed by atoms with van der Waals surface area (Å²) in [6, 6.07) is 13.6. The molecule has 3 aromatic rings. The first-order valence-electron chi connectivity index (χ1n) is 6.56. The van der Waals surface area contributed by atoms with Crippen LogP contribution in [0.2, 0.25) is 0 Å². The fourth-order valence-electron chi connectivity index (χ4n) is 2.16. The van der Waals surface area contributed by atoms with Crippen molar-refractivity contribution in [1.29, 1.82) is 0 Å². The second-order valence-electron chi connectivity index (χ2n) is 4.85. The predicted molar refractivity (Wildman–Crippen MR) is 80.8 cm³/mol. The molecule has 0 aliphatic heterocycles. The fraction of sp³-hybridized carbons (Fsp3) is 0.0588. The van der Waals surface area contributed by atoms with Crippen LogP contribution in [0.3, 0.4) is 0 Å². The summed E-state index contributed by atoms with van der Waals surface area (Å²) in [5.74, 6) is -0.986. The molecule has 21 heavy (non-hydrogen) atoms. The van der Waals surface area contributed by atoms with Crippen molar-refractivity contribution in [2.75, 3.05) is 5.32 Å². The SMILES string of the molecule is Cc1ccc(F)c(C(=O)Nc2ccc3ncccc3c2)c1. The molecule has 1 aromatic heterocycles. The smallest absolute Gasteiger partial charge is 0.258 e. The van der Waals surface area contributed by atoms with Crippen molar-refractivity contribution in [1.82, 2.24) is 4.98 Å². The third-order valence-electron chi connectivity index (χ3n) is 3.23. The van der Waals surface area contributed by atoms with E-state index in [4.69, 9.17) is 0 Å². The Labute approximate surface area is 121 Å². The van der Waals surface area contributed by atoms with Gasteiger partial charge in [0.25, 0.3) is 5.91 Å². The first-order valence-corrected chi connectivity index (χ1v) is 6.56. The van der Waals surface area contributed by atoms with Gasteiger partial charge in [-0.2, -0.15) is 0 Å². The molecule has 0 radical (unpaired) electrons. The minimum atomic E-state index is -0.527. The molecule has 0 bridgehead atoms. The summed E-state index contributed by atoms with van der Waals surface area (Å²) >= 11 is 0. The lowest BCUT2D eigenvalue weighted by Gasteiger charge is -2.08. The molecule has 0 fully saturated rings. The third kappa shape index (κ3) is 2.74. The number of aryl methyl sites for hydroxylation is 1. The molecule has 0 aliphatic rings. The first kappa shape index (κ1) is 13.2. The van der Waals surface area contributed by atoms with Gasteiger partial charge in [0, 0.05) is 17.3 Å². The number of pyridine rings is 1. The topological polar surface area (TPSA) is 42.0 Å². The zero-order valence-electron chi connectivity index (χ0n) is 11.4. The van der Waals surface area contributed by atoms with Gasteiger partial charge < -0.3 is 5.32 Å². The van der Waals surface area contributed by atoms with E-state index in [1.807, 2.05) is 31.2 Å². The monoisotopic (exact) mass is 280 g/mol. The molecule has 0 saturated carbocycles. The van der Waals surface area contributed by atoms with Crippen LogP contribution in [0, 0.1) is 12.7 Å².